The normalized spacial score (nSPS) is 9.86. The van der Waals surface area contributed by atoms with Gasteiger partial charge in [0.25, 0.3) is 0 Å². The highest BCUT2D eigenvalue weighted by molar-refractivity contribution is 5.82. The molecule has 0 aromatic heterocycles. The lowest BCUT2D eigenvalue weighted by atomic mass is 10.1. The van der Waals surface area contributed by atoms with Gasteiger partial charge in [-0.2, -0.15) is 0 Å². The minimum atomic E-state index is -0.117. The number of hydrogen-bond acceptors (Lipinski definition) is 4. The number of rotatable bonds is 8. The third-order valence-electron chi connectivity index (χ3n) is 2.07. The number of hydrogen-bond donors (Lipinski definition) is 3. The quantitative estimate of drug-likeness (QED) is 0.318. The summed E-state index contributed by atoms with van der Waals surface area (Å²) in [5.41, 5.74) is 0.412. The van der Waals surface area contributed by atoms with Gasteiger partial charge in [-0.15, -0.1) is 0 Å². The maximum atomic E-state index is 8.57. The van der Waals surface area contributed by atoms with E-state index in [1.807, 2.05) is 0 Å². The number of nitrogens with one attached hydrogen (secondary N) is 2. The SMILES string of the molecule is COC(=N)CCCCCCC(=N)CO. The van der Waals surface area contributed by atoms with E-state index in [4.69, 9.17) is 20.7 Å². The van der Waals surface area contributed by atoms with Gasteiger partial charge in [0.2, 0.25) is 0 Å². The van der Waals surface area contributed by atoms with Gasteiger partial charge in [0.1, 0.15) is 0 Å². The Bertz CT molecular complexity index is 161. The standard InChI is InChI=1S/C10H20N2O2/c1-14-10(12)7-5-3-2-4-6-9(11)8-13/h11-13H,2-8H2,1H3. The molecule has 4 nitrogen and oxygen atoms in total. The fraction of sp³-hybridized carbons (Fsp3) is 0.800. The molecule has 0 aliphatic carbocycles. The highest BCUT2D eigenvalue weighted by atomic mass is 16.5. The molecule has 0 aliphatic heterocycles. The van der Waals surface area contributed by atoms with Crippen LogP contribution in [0.2, 0.25) is 0 Å². The molecule has 0 rings (SSSR count). The molecule has 0 saturated heterocycles. The summed E-state index contributed by atoms with van der Waals surface area (Å²) in [7, 11) is 1.52. The second-order valence-electron chi connectivity index (χ2n) is 3.30. The Hall–Kier alpha value is -0.900. The van der Waals surface area contributed by atoms with Crippen molar-refractivity contribution in [2.75, 3.05) is 13.7 Å². The van der Waals surface area contributed by atoms with Gasteiger partial charge in [-0.25, -0.2) is 0 Å². The van der Waals surface area contributed by atoms with Gasteiger partial charge in [-0.05, 0) is 19.3 Å². The average molecular weight is 200 g/mol. The van der Waals surface area contributed by atoms with Gasteiger partial charge in [-0.1, -0.05) is 12.8 Å². The molecule has 0 heterocycles. The molecule has 0 saturated carbocycles. The minimum Gasteiger partial charge on any atom is -0.484 e. The minimum absolute atomic E-state index is 0.117. The molecule has 0 bridgehead atoms. The first-order chi connectivity index (χ1) is 6.70. The molecule has 0 fully saturated rings. The molecule has 0 aromatic rings. The Labute approximate surface area is 85.3 Å². The van der Waals surface area contributed by atoms with Gasteiger partial charge in [0.15, 0.2) is 5.90 Å². The van der Waals surface area contributed by atoms with Crippen LogP contribution in [0.4, 0.5) is 0 Å². The van der Waals surface area contributed by atoms with Crippen molar-refractivity contribution in [3.63, 3.8) is 0 Å². The monoisotopic (exact) mass is 200 g/mol. The summed E-state index contributed by atoms with van der Waals surface area (Å²) in [5, 5.41) is 23.0. The maximum absolute atomic E-state index is 8.57. The zero-order valence-corrected chi connectivity index (χ0v) is 8.81. The summed E-state index contributed by atoms with van der Waals surface area (Å²) in [6.07, 6.45) is 5.44. The molecule has 0 radical (unpaired) electrons. The van der Waals surface area contributed by atoms with Crippen LogP contribution in [0.1, 0.15) is 38.5 Å². The van der Waals surface area contributed by atoms with Crippen molar-refractivity contribution < 1.29 is 9.84 Å². The van der Waals surface area contributed by atoms with Crippen LogP contribution in [0.5, 0.6) is 0 Å². The second-order valence-corrected chi connectivity index (χ2v) is 3.30. The van der Waals surface area contributed by atoms with Crippen LogP contribution in [0.25, 0.3) is 0 Å². The molecule has 0 aliphatic rings. The fourth-order valence-electron chi connectivity index (χ4n) is 1.16. The predicted octanol–water partition coefficient (Wildman–Crippen LogP) is 1.96. The van der Waals surface area contributed by atoms with E-state index in [1.54, 1.807) is 0 Å². The van der Waals surface area contributed by atoms with Crippen molar-refractivity contribution in [1.29, 1.82) is 10.8 Å². The molecule has 3 N–H and O–H groups in total. The Morgan fingerprint density at radius 2 is 1.64 bits per heavy atom. The Kier molecular flexibility index (Phi) is 8.13. The Morgan fingerprint density at radius 1 is 1.07 bits per heavy atom. The molecular weight excluding hydrogens is 180 g/mol. The lowest BCUT2D eigenvalue weighted by Crippen LogP contribution is -2.02. The lowest BCUT2D eigenvalue weighted by Gasteiger charge is -2.02. The number of aliphatic hydroxyl groups excluding tert-OH is 1. The highest BCUT2D eigenvalue weighted by Gasteiger charge is 1.97. The van der Waals surface area contributed by atoms with Gasteiger partial charge in [0.05, 0.1) is 13.7 Å². The van der Waals surface area contributed by atoms with Gasteiger partial charge in [0, 0.05) is 12.1 Å². The van der Waals surface area contributed by atoms with E-state index in [1.165, 1.54) is 7.11 Å². The van der Waals surface area contributed by atoms with Gasteiger partial charge in [-0.3, -0.25) is 5.41 Å². The van der Waals surface area contributed by atoms with Crippen molar-refractivity contribution in [2.24, 2.45) is 0 Å². The molecule has 0 spiro atoms. The molecule has 0 unspecified atom stereocenters. The summed E-state index contributed by atoms with van der Waals surface area (Å²) in [4.78, 5) is 0. The van der Waals surface area contributed by atoms with Crippen molar-refractivity contribution in [3.05, 3.63) is 0 Å². The number of methoxy groups -OCH3 is 1. The molecule has 0 atom stereocenters. The van der Waals surface area contributed by atoms with Crippen LogP contribution in [0, 0.1) is 10.8 Å². The lowest BCUT2D eigenvalue weighted by molar-refractivity contribution is 0.353. The van der Waals surface area contributed by atoms with E-state index < -0.39 is 0 Å². The van der Waals surface area contributed by atoms with E-state index in [-0.39, 0.29) is 6.61 Å². The number of ether oxygens (including phenoxy) is 1. The van der Waals surface area contributed by atoms with Crippen LogP contribution in [-0.4, -0.2) is 30.4 Å². The number of unbranched alkanes of at least 4 members (excludes halogenated alkanes) is 3. The first kappa shape index (κ1) is 13.1. The Morgan fingerprint density at radius 3 is 2.14 bits per heavy atom. The molecule has 82 valence electrons. The van der Waals surface area contributed by atoms with E-state index in [2.05, 4.69) is 0 Å². The highest BCUT2D eigenvalue weighted by Crippen LogP contribution is 2.06. The van der Waals surface area contributed by atoms with Crippen LogP contribution < -0.4 is 0 Å². The summed E-state index contributed by atoms with van der Waals surface area (Å²) in [6.45, 7) is -0.117. The molecule has 14 heavy (non-hydrogen) atoms. The molecular formula is C10H20N2O2. The third-order valence-corrected chi connectivity index (χ3v) is 2.07. The van der Waals surface area contributed by atoms with Crippen molar-refractivity contribution in [3.8, 4) is 0 Å². The molecule has 0 aromatic carbocycles. The largest absolute Gasteiger partial charge is 0.484 e. The van der Waals surface area contributed by atoms with Crippen LogP contribution in [-0.2, 0) is 4.74 Å². The second kappa shape index (κ2) is 8.69. The van der Waals surface area contributed by atoms with Crippen molar-refractivity contribution in [2.45, 2.75) is 38.5 Å². The average Bonchev–Trinajstić information content (AvgIpc) is 2.22. The summed E-state index contributed by atoms with van der Waals surface area (Å²) >= 11 is 0. The summed E-state index contributed by atoms with van der Waals surface area (Å²) in [5.74, 6) is 0.341. The zero-order valence-electron chi connectivity index (χ0n) is 8.81. The van der Waals surface area contributed by atoms with Crippen molar-refractivity contribution in [1.82, 2.24) is 0 Å². The topological polar surface area (TPSA) is 77.2 Å². The van der Waals surface area contributed by atoms with E-state index >= 15 is 0 Å². The third kappa shape index (κ3) is 7.73. The number of aliphatic hydroxyl groups is 1. The van der Waals surface area contributed by atoms with Crippen molar-refractivity contribution >= 4 is 11.6 Å². The van der Waals surface area contributed by atoms with E-state index in [0.29, 0.717) is 24.5 Å². The maximum Gasteiger partial charge on any atom is 0.180 e. The fourth-order valence-corrected chi connectivity index (χ4v) is 1.16. The van der Waals surface area contributed by atoms with Gasteiger partial charge >= 0.3 is 0 Å². The summed E-state index contributed by atoms with van der Waals surface area (Å²) in [6, 6.07) is 0. The van der Waals surface area contributed by atoms with Crippen LogP contribution in [0.15, 0.2) is 0 Å². The summed E-state index contributed by atoms with van der Waals surface area (Å²) < 4.78 is 4.73. The first-order valence-corrected chi connectivity index (χ1v) is 4.99. The van der Waals surface area contributed by atoms with Crippen LogP contribution in [0.3, 0.4) is 0 Å². The predicted molar refractivity (Wildman–Crippen MR) is 57.3 cm³/mol. The first-order valence-electron chi connectivity index (χ1n) is 4.99. The van der Waals surface area contributed by atoms with Crippen LogP contribution >= 0.6 is 0 Å². The molecule has 0 amide bonds. The smallest absolute Gasteiger partial charge is 0.180 e. The zero-order chi connectivity index (χ0) is 10.8. The van der Waals surface area contributed by atoms with E-state index in [0.717, 1.165) is 25.7 Å². The van der Waals surface area contributed by atoms with E-state index in [9.17, 15) is 0 Å². The Balaban J connectivity index is 3.14. The van der Waals surface area contributed by atoms with Gasteiger partial charge < -0.3 is 15.3 Å². The molecule has 4 heteroatoms.